The summed E-state index contributed by atoms with van der Waals surface area (Å²) >= 11 is 0. The zero-order valence-electron chi connectivity index (χ0n) is 11.2. The summed E-state index contributed by atoms with van der Waals surface area (Å²) in [6, 6.07) is 0. The van der Waals surface area contributed by atoms with Crippen LogP contribution in [0.5, 0.6) is 0 Å². The van der Waals surface area contributed by atoms with Crippen molar-refractivity contribution in [3.63, 3.8) is 0 Å². The molecule has 2 N–H and O–H groups in total. The van der Waals surface area contributed by atoms with Gasteiger partial charge in [0.2, 0.25) is 0 Å². The molecule has 0 saturated heterocycles. The maximum atomic E-state index is 10.8. The smallest absolute Gasteiger partial charge is 0.404 e. The van der Waals surface area contributed by atoms with Gasteiger partial charge in [-0.1, -0.05) is 53.4 Å². The van der Waals surface area contributed by atoms with Crippen molar-refractivity contribution in [1.82, 2.24) is 0 Å². The van der Waals surface area contributed by atoms with E-state index in [-0.39, 0.29) is 11.5 Å². The van der Waals surface area contributed by atoms with E-state index in [0.29, 0.717) is 0 Å². The van der Waals surface area contributed by atoms with E-state index < -0.39 is 6.09 Å². The predicted octanol–water partition coefficient (Wildman–Crippen LogP) is 3.86. The molecule has 3 heteroatoms. The number of ether oxygens (including phenoxy) is 1. The summed E-state index contributed by atoms with van der Waals surface area (Å²) in [5.74, 6) is 0. The molecule has 0 aliphatic rings. The van der Waals surface area contributed by atoms with Crippen molar-refractivity contribution in [2.45, 2.75) is 72.3 Å². The maximum Gasteiger partial charge on any atom is 0.404 e. The molecule has 0 saturated carbocycles. The molecule has 0 aliphatic carbocycles. The molecule has 1 unspecified atom stereocenters. The molecule has 0 spiro atoms. The summed E-state index contributed by atoms with van der Waals surface area (Å²) in [5.41, 5.74) is 5.05. The first-order valence-corrected chi connectivity index (χ1v) is 6.34. The van der Waals surface area contributed by atoms with E-state index in [4.69, 9.17) is 10.5 Å². The third-order valence-electron chi connectivity index (χ3n) is 2.79. The van der Waals surface area contributed by atoms with Gasteiger partial charge in [0.05, 0.1) is 0 Å². The number of rotatable bonds is 7. The van der Waals surface area contributed by atoms with Crippen molar-refractivity contribution in [3.05, 3.63) is 0 Å². The van der Waals surface area contributed by atoms with Gasteiger partial charge in [-0.3, -0.25) is 0 Å². The second-order valence-electron chi connectivity index (χ2n) is 5.49. The lowest BCUT2D eigenvalue weighted by Crippen LogP contribution is -2.33. The molecule has 0 aromatic carbocycles. The van der Waals surface area contributed by atoms with Gasteiger partial charge in [0.25, 0.3) is 0 Å². The molecular weight excluding hydrogens is 202 g/mol. The van der Waals surface area contributed by atoms with Gasteiger partial charge in [-0.25, -0.2) is 4.79 Å². The lowest BCUT2D eigenvalue weighted by Gasteiger charge is -2.29. The molecule has 0 heterocycles. The Kier molecular flexibility index (Phi) is 7.18. The van der Waals surface area contributed by atoms with Crippen LogP contribution < -0.4 is 5.73 Å². The number of hydrogen-bond donors (Lipinski definition) is 1. The summed E-state index contributed by atoms with van der Waals surface area (Å²) in [4.78, 5) is 10.8. The van der Waals surface area contributed by atoms with E-state index in [1.54, 1.807) is 0 Å². The van der Waals surface area contributed by atoms with Crippen LogP contribution in [-0.2, 0) is 4.74 Å². The molecule has 96 valence electrons. The van der Waals surface area contributed by atoms with Crippen LogP contribution in [0.25, 0.3) is 0 Å². The van der Waals surface area contributed by atoms with E-state index in [1.807, 2.05) is 0 Å². The van der Waals surface area contributed by atoms with Crippen LogP contribution in [0.4, 0.5) is 4.79 Å². The maximum absolute atomic E-state index is 10.8. The van der Waals surface area contributed by atoms with Gasteiger partial charge < -0.3 is 10.5 Å². The molecular formula is C13H27NO2. The average molecular weight is 229 g/mol. The van der Waals surface area contributed by atoms with Crippen LogP contribution in [0.1, 0.15) is 66.2 Å². The molecule has 1 amide bonds. The Balaban J connectivity index is 3.89. The molecule has 3 nitrogen and oxygen atoms in total. The van der Waals surface area contributed by atoms with E-state index in [2.05, 4.69) is 27.7 Å². The van der Waals surface area contributed by atoms with Gasteiger partial charge in [-0.05, 0) is 18.3 Å². The lowest BCUT2D eigenvalue weighted by molar-refractivity contribution is 0.0297. The molecule has 0 radical (unpaired) electrons. The first-order valence-electron chi connectivity index (χ1n) is 6.34. The number of unbranched alkanes of at least 4 members (excludes halogenated alkanes) is 4. The molecule has 0 aliphatic heterocycles. The van der Waals surface area contributed by atoms with Crippen LogP contribution in [-0.4, -0.2) is 12.2 Å². The normalized spacial score (nSPS) is 13.5. The highest BCUT2D eigenvalue weighted by atomic mass is 16.6. The summed E-state index contributed by atoms with van der Waals surface area (Å²) in [7, 11) is 0. The monoisotopic (exact) mass is 229 g/mol. The van der Waals surface area contributed by atoms with Gasteiger partial charge >= 0.3 is 6.09 Å². The second-order valence-corrected chi connectivity index (χ2v) is 5.49. The summed E-state index contributed by atoms with van der Waals surface area (Å²) in [5, 5.41) is 0. The van der Waals surface area contributed by atoms with Crippen molar-refractivity contribution >= 4 is 6.09 Å². The highest BCUT2D eigenvalue weighted by Crippen LogP contribution is 2.26. The molecule has 0 aromatic heterocycles. The predicted molar refractivity (Wildman–Crippen MR) is 67.3 cm³/mol. The fourth-order valence-corrected chi connectivity index (χ4v) is 1.74. The number of primary amides is 1. The van der Waals surface area contributed by atoms with Crippen LogP contribution in [0.3, 0.4) is 0 Å². The largest absolute Gasteiger partial charge is 0.446 e. The van der Waals surface area contributed by atoms with Crippen molar-refractivity contribution in [2.24, 2.45) is 11.1 Å². The second kappa shape index (κ2) is 7.53. The lowest BCUT2D eigenvalue weighted by atomic mass is 9.86. The topological polar surface area (TPSA) is 52.3 Å². The Labute approximate surface area is 99.7 Å². The third kappa shape index (κ3) is 7.55. The van der Waals surface area contributed by atoms with Gasteiger partial charge in [-0.2, -0.15) is 0 Å². The zero-order valence-corrected chi connectivity index (χ0v) is 11.2. The van der Waals surface area contributed by atoms with Gasteiger partial charge in [0, 0.05) is 0 Å². The van der Waals surface area contributed by atoms with Crippen molar-refractivity contribution < 1.29 is 9.53 Å². The molecule has 0 fully saturated rings. The van der Waals surface area contributed by atoms with Gasteiger partial charge in [-0.15, -0.1) is 0 Å². The summed E-state index contributed by atoms with van der Waals surface area (Å²) < 4.78 is 5.16. The number of carbonyl (C=O) groups excluding carboxylic acids is 1. The van der Waals surface area contributed by atoms with Crippen molar-refractivity contribution in [3.8, 4) is 0 Å². The fourth-order valence-electron chi connectivity index (χ4n) is 1.74. The molecule has 0 bridgehead atoms. The SMILES string of the molecule is CCCCCCCC(OC(N)=O)C(C)(C)C. The van der Waals surface area contributed by atoms with Gasteiger partial charge in [0.15, 0.2) is 0 Å². The first kappa shape index (κ1) is 15.3. The first-order chi connectivity index (χ1) is 7.38. The molecule has 0 rings (SSSR count). The van der Waals surface area contributed by atoms with Gasteiger partial charge in [0.1, 0.15) is 6.10 Å². The zero-order chi connectivity index (χ0) is 12.6. The van der Waals surface area contributed by atoms with Crippen LogP contribution in [0, 0.1) is 5.41 Å². The van der Waals surface area contributed by atoms with Crippen LogP contribution >= 0.6 is 0 Å². The Morgan fingerprint density at radius 3 is 2.19 bits per heavy atom. The Morgan fingerprint density at radius 1 is 1.19 bits per heavy atom. The Bertz CT molecular complexity index is 197. The number of amides is 1. The minimum absolute atomic E-state index is 0.0280. The minimum Gasteiger partial charge on any atom is -0.446 e. The van der Waals surface area contributed by atoms with E-state index in [0.717, 1.165) is 12.8 Å². The molecule has 0 aromatic rings. The number of nitrogens with two attached hydrogens (primary N) is 1. The Hall–Kier alpha value is -0.730. The van der Waals surface area contributed by atoms with E-state index in [9.17, 15) is 4.79 Å². The summed E-state index contributed by atoms with van der Waals surface area (Å²) in [6.07, 6.45) is 6.31. The van der Waals surface area contributed by atoms with Crippen LogP contribution in [0.15, 0.2) is 0 Å². The number of hydrogen-bond acceptors (Lipinski definition) is 2. The average Bonchev–Trinajstić information content (AvgIpc) is 2.13. The van der Waals surface area contributed by atoms with E-state index in [1.165, 1.54) is 25.7 Å². The van der Waals surface area contributed by atoms with E-state index >= 15 is 0 Å². The fraction of sp³-hybridized carbons (Fsp3) is 0.923. The minimum atomic E-state index is -0.659. The van der Waals surface area contributed by atoms with Crippen LogP contribution in [0.2, 0.25) is 0 Å². The molecule has 1 atom stereocenters. The van der Waals surface area contributed by atoms with Crippen molar-refractivity contribution in [2.75, 3.05) is 0 Å². The number of carbonyl (C=O) groups is 1. The quantitative estimate of drug-likeness (QED) is 0.674. The van der Waals surface area contributed by atoms with Crippen molar-refractivity contribution in [1.29, 1.82) is 0 Å². The highest BCUT2D eigenvalue weighted by molar-refractivity contribution is 5.64. The summed E-state index contributed by atoms with van der Waals surface area (Å²) in [6.45, 7) is 8.43. The Morgan fingerprint density at radius 2 is 1.75 bits per heavy atom. The molecule has 16 heavy (non-hydrogen) atoms. The third-order valence-corrected chi connectivity index (χ3v) is 2.79. The standard InChI is InChI=1S/C13H27NO2/c1-5-6-7-8-9-10-11(13(2,3)4)16-12(14)15/h11H,5-10H2,1-4H3,(H2,14,15). The highest BCUT2D eigenvalue weighted by Gasteiger charge is 2.26.